The first-order valence-corrected chi connectivity index (χ1v) is 10.3. The lowest BCUT2D eigenvalue weighted by molar-refractivity contribution is 0.146. The van der Waals surface area contributed by atoms with Crippen LogP contribution < -0.4 is 10.6 Å². The molecule has 1 aromatic heterocycles. The van der Waals surface area contributed by atoms with Gasteiger partial charge in [0, 0.05) is 50.7 Å². The third kappa shape index (κ3) is 3.56. The molecule has 2 aromatic rings. The van der Waals surface area contributed by atoms with Crippen LogP contribution in [0.5, 0.6) is 0 Å². The van der Waals surface area contributed by atoms with Crippen molar-refractivity contribution < 1.29 is 4.74 Å². The summed E-state index contributed by atoms with van der Waals surface area (Å²) in [6.07, 6.45) is 3.42. The monoisotopic (exact) mass is 380 g/mol. The Kier molecular flexibility index (Phi) is 4.64. The van der Waals surface area contributed by atoms with Crippen LogP contribution in [0.15, 0.2) is 30.3 Å². The Morgan fingerprint density at radius 3 is 2.50 bits per heavy atom. The minimum atomic E-state index is 0.111. The molecule has 2 saturated heterocycles. The van der Waals surface area contributed by atoms with Crippen LogP contribution >= 0.6 is 0 Å². The summed E-state index contributed by atoms with van der Waals surface area (Å²) in [4.78, 5) is 18.2. The van der Waals surface area contributed by atoms with E-state index in [2.05, 4.69) is 50.1 Å². The second kappa shape index (κ2) is 7.29. The number of nitrogens with zero attached hydrogens (tertiary/aromatic N) is 5. The first kappa shape index (κ1) is 17.8. The van der Waals surface area contributed by atoms with Gasteiger partial charge in [0.05, 0.1) is 6.61 Å². The Labute approximate surface area is 165 Å². The van der Waals surface area contributed by atoms with Crippen molar-refractivity contribution >= 4 is 11.9 Å². The molecule has 7 heteroatoms. The fourth-order valence-electron chi connectivity index (χ4n) is 4.44. The van der Waals surface area contributed by atoms with Crippen LogP contribution in [0.3, 0.4) is 0 Å². The van der Waals surface area contributed by atoms with Gasteiger partial charge in [-0.3, -0.25) is 4.90 Å². The third-order valence-electron chi connectivity index (χ3n) is 6.27. The normalized spacial score (nSPS) is 25.9. The molecular formula is C21H28N6O. The molecule has 148 valence electrons. The van der Waals surface area contributed by atoms with Crippen molar-refractivity contribution in [2.24, 2.45) is 0 Å². The molecule has 3 fully saturated rings. The van der Waals surface area contributed by atoms with E-state index in [0.29, 0.717) is 11.9 Å². The number of aromatic nitrogens is 3. The number of piperazine rings is 1. The fourth-order valence-corrected chi connectivity index (χ4v) is 4.44. The van der Waals surface area contributed by atoms with E-state index in [1.54, 1.807) is 0 Å². The lowest BCUT2D eigenvalue weighted by Gasteiger charge is -2.40. The highest BCUT2D eigenvalue weighted by Crippen LogP contribution is 2.38. The van der Waals surface area contributed by atoms with Gasteiger partial charge in [0.1, 0.15) is 5.82 Å². The minimum Gasteiger partial charge on any atom is -0.380 e. The van der Waals surface area contributed by atoms with Crippen LogP contribution in [-0.2, 0) is 10.2 Å². The molecule has 1 aromatic carbocycles. The van der Waals surface area contributed by atoms with E-state index in [9.17, 15) is 0 Å². The standard InChI is InChI=1S/C21H28N6O/c22-19-23-18(16-6-7-16)24-20(25-19)27-11-9-26(10-12-27)14-21(8-13-28-15-21)17-4-2-1-3-5-17/h1-5,16H,6-15H2,(H2,22,23,24,25). The van der Waals surface area contributed by atoms with Gasteiger partial charge < -0.3 is 15.4 Å². The molecule has 28 heavy (non-hydrogen) atoms. The van der Waals surface area contributed by atoms with Crippen LogP contribution in [0, 0.1) is 0 Å². The Hall–Kier alpha value is -2.25. The van der Waals surface area contributed by atoms with Crippen molar-refractivity contribution in [1.29, 1.82) is 0 Å². The number of ether oxygens (including phenoxy) is 1. The molecule has 1 atom stereocenters. The molecular weight excluding hydrogens is 352 g/mol. The molecule has 1 unspecified atom stereocenters. The number of anilines is 2. The summed E-state index contributed by atoms with van der Waals surface area (Å²) >= 11 is 0. The highest BCUT2D eigenvalue weighted by Gasteiger charge is 2.39. The van der Waals surface area contributed by atoms with Crippen LogP contribution in [0.2, 0.25) is 0 Å². The smallest absolute Gasteiger partial charge is 0.230 e. The van der Waals surface area contributed by atoms with E-state index in [-0.39, 0.29) is 5.41 Å². The largest absolute Gasteiger partial charge is 0.380 e. The summed E-state index contributed by atoms with van der Waals surface area (Å²) < 4.78 is 5.82. The molecule has 3 aliphatic rings. The van der Waals surface area contributed by atoms with Crippen LogP contribution in [0.4, 0.5) is 11.9 Å². The van der Waals surface area contributed by atoms with Gasteiger partial charge in [-0.05, 0) is 24.8 Å². The molecule has 1 aliphatic carbocycles. The van der Waals surface area contributed by atoms with Crippen LogP contribution in [-0.4, -0.2) is 65.8 Å². The van der Waals surface area contributed by atoms with Gasteiger partial charge in [0.25, 0.3) is 0 Å². The van der Waals surface area contributed by atoms with E-state index in [1.165, 1.54) is 18.4 Å². The van der Waals surface area contributed by atoms with E-state index in [1.807, 2.05) is 0 Å². The highest BCUT2D eigenvalue weighted by molar-refractivity contribution is 5.36. The molecule has 0 spiro atoms. The van der Waals surface area contributed by atoms with Crippen LogP contribution in [0.1, 0.15) is 36.6 Å². The second-order valence-electron chi connectivity index (χ2n) is 8.34. The molecule has 0 bridgehead atoms. The molecule has 2 N–H and O–H groups in total. The summed E-state index contributed by atoms with van der Waals surface area (Å²) in [7, 11) is 0. The molecule has 2 aliphatic heterocycles. The average Bonchev–Trinajstić information content (AvgIpc) is 3.48. The Bertz CT molecular complexity index is 811. The summed E-state index contributed by atoms with van der Waals surface area (Å²) in [5, 5.41) is 0. The van der Waals surface area contributed by atoms with Gasteiger partial charge in [-0.15, -0.1) is 0 Å². The van der Waals surface area contributed by atoms with Gasteiger partial charge in [0.15, 0.2) is 0 Å². The predicted octanol–water partition coefficient (Wildman–Crippen LogP) is 1.81. The van der Waals surface area contributed by atoms with E-state index < -0.39 is 0 Å². The maximum atomic E-state index is 5.94. The average molecular weight is 380 g/mol. The van der Waals surface area contributed by atoms with E-state index in [0.717, 1.165) is 64.1 Å². The minimum absolute atomic E-state index is 0.111. The van der Waals surface area contributed by atoms with Gasteiger partial charge in [-0.1, -0.05) is 30.3 Å². The molecule has 0 amide bonds. The Balaban J connectivity index is 1.26. The molecule has 5 rings (SSSR count). The lowest BCUT2D eigenvalue weighted by atomic mass is 9.79. The second-order valence-corrected chi connectivity index (χ2v) is 8.34. The van der Waals surface area contributed by atoms with E-state index in [4.69, 9.17) is 15.5 Å². The quantitative estimate of drug-likeness (QED) is 0.847. The summed E-state index contributed by atoms with van der Waals surface area (Å²) in [6, 6.07) is 10.9. The first-order valence-electron chi connectivity index (χ1n) is 10.3. The van der Waals surface area contributed by atoms with Crippen molar-refractivity contribution in [1.82, 2.24) is 19.9 Å². The zero-order valence-electron chi connectivity index (χ0n) is 16.3. The Morgan fingerprint density at radius 1 is 1.04 bits per heavy atom. The van der Waals surface area contributed by atoms with Crippen molar-refractivity contribution in [2.45, 2.75) is 30.6 Å². The maximum absolute atomic E-state index is 5.94. The van der Waals surface area contributed by atoms with Crippen molar-refractivity contribution in [3.63, 3.8) is 0 Å². The number of benzene rings is 1. The van der Waals surface area contributed by atoms with Crippen molar-refractivity contribution in [3.8, 4) is 0 Å². The number of rotatable bonds is 5. The van der Waals surface area contributed by atoms with E-state index >= 15 is 0 Å². The summed E-state index contributed by atoms with van der Waals surface area (Å²) in [5.74, 6) is 2.45. The van der Waals surface area contributed by atoms with Gasteiger partial charge >= 0.3 is 0 Å². The third-order valence-corrected chi connectivity index (χ3v) is 6.27. The van der Waals surface area contributed by atoms with Crippen molar-refractivity contribution in [2.75, 3.05) is 56.6 Å². The number of nitrogen functional groups attached to an aromatic ring is 1. The Morgan fingerprint density at radius 2 is 1.82 bits per heavy atom. The first-order chi connectivity index (χ1) is 13.7. The number of nitrogens with two attached hydrogens (primary N) is 1. The molecule has 3 heterocycles. The number of hydrogen-bond acceptors (Lipinski definition) is 7. The summed E-state index contributed by atoms with van der Waals surface area (Å²) in [5.41, 5.74) is 7.45. The molecule has 0 radical (unpaired) electrons. The zero-order chi connectivity index (χ0) is 19.0. The fraction of sp³-hybridized carbons (Fsp3) is 0.571. The van der Waals surface area contributed by atoms with Gasteiger partial charge in [-0.25, -0.2) is 0 Å². The predicted molar refractivity (Wildman–Crippen MR) is 108 cm³/mol. The maximum Gasteiger partial charge on any atom is 0.230 e. The molecule has 7 nitrogen and oxygen atoms in total. The zero-order valence-corrected chi connectivity index (χ0v) is 16.3. The van der Waals surface area contributed by atoms with Gasteiger partial charge in [0.2, 0.25) is 11.9 Å². The van der Waals surface area contributed by atoms with Crippen LogP contribution in [0.25, 0.3) is 0 Å². The lowest BCUT2D eigenvalue weighted by Crippen LogP contribution is -2.51. The topological polar surface area (TPSA) is 80.4 Å². The van der Waals surface area contributed by atoms with Gasteiger partial charge in [-0.2, -0.15) is 15.0 Å². The summed E-state index contributed by atoms with van der Waals surface area (Å²) in [6.45, 7) is 6.53. The number of hydrogen-bond donors (Lipinski definition) is 1. The highest BCUT2D eigenvalue weighted by atomic mass is 16.5. The SMILES string of the molecule is Nc1nc(C2CC2)nc(N2CCN(CC3(c4ccccc4)CCOC3)CC2)n1. The molecule has 1 saturated carbocycles. The van der Waals surface area contributed by atoms with Crippen molar-refractivity contribution in [3.05, 3.63) is 41.7 Å².